The Labute approximate surface area is 223 Å². The average Bonchev–Trinajstić information content (AvgIpc) is 2.99. The number of hydrogen-bond acceptors (Lipinski definition) is 7. The Morgan fingerprint density at radius 3 is 1.13 bits per heavy atom. The van der Waals surface area contributed by atoms with Gasteiger partial charge in [-0.15, -0.1) is 0 Å². The quantitative estimate of drug-likeness (QED) is 0.179. The molecule has 0 aromatic heterocycles. The second-order valence-corrected chi connectivity index (χ2v) is 8.88. The molecule has 0 saturated carbocycles. The predicted octanol–water partition coefficient (Wildman–Crippen LogP) is 6.91. The van der Waals surface area contributed by atoms with Gasteiger partial charge in [-0.3, -0.25) is 13.8 Å². The Morgan fingerprint density at radius 1 is 0.526 bits per heavy atom. The number of benzene rings is 4. The minimum absolute atomic E-state index is 0.373. The second kappa shape index (κ2) is 12.2. The van der Waals surface area contributed by atoms with Crippen molar-refractivity contribution in [2.45, 2.75) is 11.2 Å². The maximum Gasteiger partial charge on any atom is 0.329 e. The summed E-state index contributed by atoms with van der Waals surface area (Å²) in [5.41, 5.74) is -2.35. The van der Waals surface area contributed by atoms with Gasteiger partial charge in [0.1, 0.15) is 11.5 Å². The summed E-state index contributed by atoms with van der Waals surface area (Å²) < 4.78 is 46.8. The predicted molar refractivity (Wildman–Crippen MR) is 143 cm³/mol. The maximum absolute atomic E-state index is 15.2. The van der Waals surface area contributed by atoms with Gasteiger partial charge < -0.3 is 9.47 Å². The smallest absolute Gasteiger partial charge is 0.329 e. The Balaban J connectivity index is 2.10. The molecule has 0 amide bonds. The van der Waals surface area contributed by atoms with Crippen molar-refractivity contribution in [3.05, 3.63) is 131 Å². The molecule has 2 unspecified atom stereocenters. The van der Waals surface area contributed by atoms with Crippen LogP contribution in [0.5, 0.6) is 11.5 Å². The second-order valence-electron chi connectivity index (χ2n) is 8.21. The third-order valence-electron chi connectivity index (χ3n) is 6.34. The molecule has 0 aliphatic heterocycles. The van der Waals surface area contributed by atoms with Crippen LogP contribution in [0.4, 0.5) is 0 Å². The molecule has 4 aromatic rings. The molecule has 9 heteroatoms. The summed E-state index contributed by atoms with van der Waals surface area (Å²) in [6.07, 6.45) is 0. The van der Waals surface area contributed by atoms with Gasteiger partial charge >= 0.3 is 17.4 Å². The van der Waals surface area contributed by atoms with Crippen LogP contribution in [0.15, 0.2) is 109 Å². The molecule has 2 atom stereocenters. The van der Waals surface area contributed by atoms with E-state index < -0.39 is 34.4 Å². The van der Waals surface area contributed by atoms with Crippen molar-refractivity contribution in [1.29, 1.82) is 0 Å². The lowest BCUT2D eigenvalue weighted by Crippen LogP contribution is -2.51. The molecule has 0 N–H and O–H groups in total. The molecule has 0 bridgehead atoms. The molecule has 7 nitrogen and oxygen atoms in total. The highest BCUT2D eigenvalue weighted by Gasteiger charge is 2.57. The van der Waals surface area contributed by atoms with Crippen LogP contribution in [0.25, 0.3) is 0 Å². The minimum atomic E-state index is -1.95. The number of carbonyl (C=O) groups is 1. The molecule has 0 aliphatic rings. The zero-order valence-electron chi connectivity index (χ0n) is 20.6. The van der Waals surface area contributed by atoms with Gasteiger partial charge in [0, 0.05) is 0 Å². The molecule has 0 spiro atoms. The van der Waals surface area contributed by atoms with Crippen LogP contribution >= 0.6 is 17.4 Å². The summed E-state index contributed by atoms with van der Waals surface area (Å²) in [7, 11) is 1.56. The Hall–Kier alpha value is -3.73. The summed E-state index contributed by atoms with van der Waals surface area (Å²) in [4.78, 5) is 15.2. The number of Topliss-reactive ketones (excluding diaryl/α,β-unsaturated/α-hetero) is 1. The van der Waals surface area contributed by atoms with Gasteiger partial charge in [-0.2, -0.15) is 0 Å². The summed E-state index contributed by atoms with van der Waals surface area (Å²) in [6.45, 7) is 0. The summed E-state index contributed by atoms with van der Waals surface area (Å²) >= 11 is 0. The molecule has 4 rings (SSSR count). The number of hydrogen-bond donors (Lipinski definition) is 0. The van der Waals surface area contributed by atoms with Crippen LogP contribution in [-0.2, 0) is 34.2 Å². The van der Waals surface area contributed by atoms with Crippen LogP contribution in [0, 0.1) is 0 Å². The zero-order chi connectivity index (χ0) is 27.0. The highest BCUT2D eigenvalue weighted by atomic mass is 31.1. The van der Waals surface area contributed by atoms with Gasteiger partial charge in [-0.25, -0.2) is 9.13 Å². The monoisotopic (exact) mass is 546 g/mol. The Bertz CT molecular complexity index is 1270. The number of carbonyl (C=O) groups excluding carboxylic acids is 1. The van der Waals surface area contributed by atoms with Crippen LogP contribution < -0.4 is 9.47 Å². The van der Waals surface area contributed by atoms with E-state index in [1.165, 1.54) is 14.2 Å². The first-order valence-corrected chi connectivity index (χ1v) is 13.0. The standard InChI is InChI=1S/C29H24O7P2/c1-33-25-17-13-23(14-18-25)28(35-37-31,21-9-5-3-6-10-21)27(30)29(36-38-32,22-11-7-4-8-12-22)24-15-19-26(34-2)20-16-24/h3-20H,1-2H3. The number of methoxy groups -OCH3 is 2. The normalized spacial score (nSPS) is 14.4. The molecule has 0 fully saturated rings. The van der Waals surface area contributed by atoms with E-state index in [-0.39, 0.29) is 0 Å². The van der Waals surface area contributed by atoms with Crippen LogP contribution in [0.1, 0.15) is 22.3 Å². The molecule has 0 aliphatic carbocycles. The van der Waals surface area contributed by atoms with E-state index in [1.807, 2.05) is 0 Å². The van der Waals surface area contributed by atoms with Gasteiger partial charge in [0.2, 0.25) is 5.78 Å². The Kier molecular flexibility index (Phi) is 8.77. The number of rotatable bonds is 12. The van der Waals surface area contributed by atoms with Crippen LogP contribution in [-0.4, -0.2) is 20.0 Å². The third kappa shape index (κ3) is 4.90. The summed E-state index contributed by atoms with van der Waals surface area (Å²) in [5, 5.41) is 0. The summed E-state index contributed by atoms with van der Waals surface area (Å²) in [5.74, 6) is 0.452. The molecule has 0 radical (unpaired) electrons. The lowest BCUT2D eigenvalue weighted by Gasteiger charge is -2.40. The van der Waals surface area contributed by atoms with E-state index in [9.17, 15) is 9.13 Å². The topological polar surface area (TPSA) is 88.1 Å². The molecular weight excluding hydrogens is 522 g/mol. The van der Waals surface area contributed by atoms with Gasteiger partial charge in [0.25, 0.3) is 0 Å². The van der Waals surface area contributed by atoms with Gasteiger partial charge in [-0.05, 0) is 46.5 Å². The van der Waals surface area contributed by atoms with E-state index in [0.717, 1.165) is 0 Å². The third-order valence-corrected chi connectivity index (χ3v) is 7.04. The van der Waals surface area contributed by atoms with E-state index in [4.69, 9.17) is 18.5 Å². The fraction of sp³-hybridized carbons (Fsp3) is 0.138. The first-order chi connectivity index (χ1) is 18.6. The lowest BCUT2D eigenvalue weighted by atomic mass is 9.71. The van der Waals surface area contributed by atoms with Crippen molar-refractivity contribution >= 4 is 23.2 Å². The molecule has 4 aromatic carbocycles. The molecule has 0 saturated heterocycles. The first kappa shape index (κ1) is 27.3. The van der Waals surface area contributed by atoms with E-state index >= 15 is 4.79 Å². The summed E-state index contributed by atoms with van der Waals surface area (Å²) in [6, 6.07) is 30.7. The fourth-order valence-electron chi connectivity index (χ4n) is 4.51. The van der Waals surface area contributed by atoms with E-state index in [1.54, 1.807) is 109 Å². The van der Waals surface area contributed by atoms with Gasteiger partial charge in [-0.1, -0.05) is 84.9 Å². The number of ketones is 1. The maximum atomic E-state index is 15.2. The highest BCUT2D eigenvalue weighted by Crippen LogP contribution is 2.49. The first-order valence-electron chi connectivity index (χ1n) is 11.5. The lowest BCUT2D eigenvalue weighted by molar-refractivity contribution is -0.145. The number of ether oxygens (including phenoxy) is 2. The van der Waals surface area contributed by atoms with E-state index in [0.29, 0.717) is 33.8 Å². The minimum Gasteiger partial charge on any atom is -0.497 e. The van der Waals surface area contributed by atoms with Crippen molar-refractivity contribution in [3.8, 4) is 11.5 Å². The Morgan fingerprint density at radius 2 is 0.842 bits per heavy atom. The van der Waals surface area contributed by atoms with Crippen molar-refractivity contribution in [2.75, 3.05) is 14.2 Å². The fourth-order valence-corrected chi connectivity index (χ4v) is 5.32. The molecule has 38 heavy (non-hydrogen) atoms. The molecule has 0 heterocycles. The van der Waals surface area contributed by atoms with Crippen molar-refractivity contribution in [1.82, 2.24) is 0 Å². The van der Waals surface area contributed by atoms with Crippen LogP contribution in [0.2, 0.25) is 0 Å². The zero-order valence-corrected chi connectivity index (χ0v) is 22.4. The van der Waals surface area contributed by atoms with Crippen molar-refractivity contribution in [3.63, 3.8) is 0 Å². The van der Waals surface area contributed by atoms with Gasteiger partial charge in [0.05, 0.1) is 14.2 Å². The van der Waals surface area contributed by atoms with Crippen LogP contribution in [0.3, 0.4) is 0 Å². The van der Waals surface area contributed by atoms with E-state index in [2.05, 4.69) is 0 Å². The average molecular weight is 546 g/mol. The van der Waals surface area contributed by atoms with Crippen molar-refractivity contribution < 1.29 is 32.4 Å². The SMILES string of the molecule is COc1ccc(C(OP=O)(C(=O)C(OP=O)(c2ccccc2)c2ccc(OC)cc2)c2ccccc2)cc1. The molecule has 192 valence electrons. The largest absolute Gasteiger partial charge is 0.497 e. The van der Waals surface area contributed by atoms with Gasteiger partial charge in [0.15, 0.2) is 11.2 Å². The molecular formula is C29H24O7P2. The highest BCUT2D eigenvalue weighted by molar-refractivity contribution is 7.17. The van der Waals surface area contributed by atoms with Crippen molar-refractivity contribution in [2.24, 2.45) is 0 Å².